The van der Waals surface area contributed by atoms with Crippen LogP contribution in [-0.2, 0) is 0 Å². The lowest BCUT2D eigenvalue weighted by Gasteiger charge is -1.97. The molecule has 0 saturated heterocycles. The maximum atomic E-state index is 4.12. The highest BCUT2D eigenvalue weighted by Crippen LogP contribution is 2.10. The van der Waals surface area contributed by atoms with Crippen LogP contribution in [0.15, 0.2) is 50.0 Å². The Kier molecular flexibility index (Phi) is 2.96. The molecule has 0 aromatic carbocycles. The molecule has 0 amide bonds. The van der Waals surface area contributed by atoms with Gasteiger partial charge in [0, 0.05) is 18.0 Å². The van der Waals surface area contributed by atoms with E-state index in [0.717, 1.165) is 11.3 Å². The predicted octanol–water partition coefficient (Wildman–Crippen LogP) is 2.23. The van der Waals surface area contributed by atoms with Crippen LogP contribution in [0.3, 0.4) is 0 Å². The van der Waals surface area contributed by atoms with Crippen molar-refractivity contribution in [3.05, 3.63) is 55.7 Å². The van der Waals surface area contributed by atoms with Crippen LogP contribution >= 0.6 is 0 Å². The summed E-state index contributed by atoms with van der Waals surface area (Å²) in [7, 11) is 0. The summed E-state index contributed by atoms with van der Waals surface area (Å²) < 4.78 is 0. The zero-order valence-corrected chi connectivity index (χ0v) is 6.77. The van der Waals surface area contributed by atoms with E-state index < -0.39 is 0 Å². The molecule has 0 spiro atoms. The van der Waals surface area contributed by atoms with E-state index in [9.17, 15) is 0 Å². The molecule has 0 aliphatic heterocycles. The molecule has 12 heavy (non-hydrogen) atoms. The van der Waals surface area contributed by atoms with Gasteiger partial charge in [-0.25, -0.2) is 0 Å². The Labute approximate surface area is 72.0 Å². The third kappa shape index (κ3) is 1.89. The summed E-state index contributed by atoms with van der Waals surface area (Å²) >= 11 is 0. The van der Waals surface area contributed by atoms with Crippen LogP contribution in [0, 0.1) is 0 Å². The van der Waals surface area contributed by atoms with Crippen molar-refractivity contribution in [1.82, 2.24) is 9.97 Å². The summed E-state index contributed by atoms with van der Waals surface area (Å²) in [6, 6.07) is 0. The maximum Gasteiger partial charge on any atom is 0.0884 e. The molecule has 0 fully saturated rings. The zero-order chi connectivity index (χ0) is 8.81. The zero-order valence-electron chi connectivity index (χ0n) is 6.77. The van der Waals surface area contributed by atoms with Gasteiger partial charge in [0.2, 0.25) is 0 Å². The third-order valence-electron chi connectivity index (χ3n) is 1.38. The van der Waals surface area contributed by atoms with Crippen LogP contribution in [0.2, 0.25) is 0 Å². The lowest BCUT2D eigenvalue weighted by atomic mass is 10.2. The fourth-order valence-electron chi connectivity index (χ4n) is 0.833. The van der Waals surface area contributed by atoms with Crippen LogP contribution in [0.4, 0.5) is 0 Å². The number of nitrogens with zero attached hydrogens (tertiary/aromatic N) is 2. The Morgan fingerprint density at radius 2 is 2.17 bits per heavy atom. The molecule has 1 aromatic heterocycles. The molecule has 2 nitrogen and oxygen atoms in total. The van der Waals surface area contributed by atoms with Crippen molar-refractivity contribution < 1.29 is 0 Å². The van der Waals surface area contributed by atoms with E-state index in [-0.39, 0.29) is 0 Å². The van der Waals surface area contributed by atoms with Gasteiger partial charge >= 0.3 is 0 Å². The van der Waals surface area contributed by atoms with Gasteiger partial charge in [-0.15, -0.1) is 0 Å². The third-order valence-corrected chi connectivity index (χ3v) is 1.38. The summed E-state index contributed by atoms with van der Waals surface area (Å²) in [5.74, 6) is 0. The Bertz CT molecular complexity index is 299. The fourth-order valence-corrected chi connectivity index (χ4v) is 0.833. The number of aromatic nitrogens is 2. The van der Waals surface area contributed by atoms with Gasteiger partial charge in [-0.05, 0) is 0 Å². The lowest BCUT2D eigenvalue weighted by Crippen LogP contribution is -1.86. The summed E-state index contributed by atoms with van der Waals surface area (Å²) in [4.78, 5) is 8.07. The molecule has 60 valence electrons. The molecule has 1 heterocycles. The van der Waals surface area contributed by atoms with Crippen molar-refractivity contribution in [2.75, 3.05) is 0 Å². The normalized spacial score (nSPS) is 10.8. The molecule has 1 aromatic rings. The minimum atomic E-state index is 0.812. The number of allylic oxidation sites excluding steroid dienone is 4. The summed E-state index contributed by atoms with van der Waals surface area (Å²) in [6.45, 7) is 7.27. The largest absolute Gasteiger partial charge is 0.261 e. The molecular formula is C10H10N2. The molecule has 0 aliphatic carbocycles. The molecule has 0 radical (unpaired) electrons. The van der Waals surface area contributed by atoms with E-state index in [4.69, 9.17) is 0 Å². The minimum Gasteiger partial charge on any atom is -0.261 e. The van der Waals surface area contributed by atoms with E-state index >= 15 is 0 Å². The molecule has 2 heteroatoms. The second kappa shape index (κ2) is 4.23. The first-order chi connectivity index (χ1) is 5.88. The molecule has 0 atom stereocenters. The Hall–Kier alpha value is -1.70. The standard InChI is InChI=1S/C10H10N2/c1-3-5-9(4-2)10-8-11-6-7-12-10/h3-8H,1-2H2/b9-5+. The van der Waals surface area contributed by atoms with Gasteiger partial charge in [-0.2, -0.15) is 0 Å². The highest BCUT2D eigenvalue weighted by atomic mass is 14.8. The number of rotatable bonds is 3. The van der Waals surface area contributed by atoms with Crippen LogP contribution in [0.1, 0.15) is 5.69 Å². The molecular weight excluding hydrogens is 148 g/mol. The monoisotopic (exact) mass is 158 g/mol. The fraction of sp³-hybridized carbons (Fsp3) is 0. The summed E-state index contributed by atoms with van der Waals surface area (Å²) in [5.41, 5.74) is 1.74. The van der Waals surface area contributed by atoms with E-state index in [1.54, 1.807) is 30.7 Å². The lowest BCUT2D eigenvalue weighted by molar-refractivity contribution is 1.17. The number of hydrogen-bond donors (Lipinski definition) is 0. The van der Waals surface area contributed by atoms with Crippen molar-refractivity contribution in [2.45, 2.75) is 0 Å². The van der Waals surface area contributed by atoms with E-state index in [1.807, 2.05) is 6.08 Å². The van der Waals surface area contributed by atoms with Gasteiger partial charge in [-0.1, -0.05) is 31.4 Å². The van der Waals surface area contributed by atoms with Crippen LogP contribution in [-0.4, -0.2) is 9.97 Å². The quantitative estimate of drug-likeness (QED) is 0.630. The average molecular weight is 158 g/mol. The first-order valence-corrected chi connectivity index (χ1v) is 3.60. The minimum absolute atomic E-state index is 0.812. The van der Waals surface area contributed by atoms with E-state index in [1.165, 1.54) is 0 Å². The van der Waals surface area contributed by atoms with Gasteiger partial charge in [-0.3, -0.25) is 9.97 Å². The topological polar surface area (TPSA) is 25.8 Å². The predicted molar refractivity (Wildman–Crippen MR) is 50.4 cm³/mol. The van der Waals surface area contributed by atoms with Crippen molar-refractivity contribution in [3.63, 3.8) is 0 Å². The van der Waals surface area contributed by atoms with E-state index in [0.29, 0.717) is 0 Å². The van der Waals surface area contributed by atoms with Crippen molar-refractivity contribution in [1.29, 1.82) is 0 Å². The first-order valence-electron chi connectivity index (χ1n) is 3.60. The molecule has 1 rings (SSSR count). The molecule has 0 aliphatic rings. The van der Waals surface area contributed by atoms with Gasteiger partial charge in [0.05, 0.1) is 11.9 Å². The smallest absolute Gasteiger partial charge is 0.0884 e. The maximum absolute atomic E-state index is 4.12. The van der Waals surface area contributed by atoms with Crippen molar-refractivity contribution >= 4 is 5.57 Å². The number of hydrogen-bond acceptors (Lipinski definition) is 2. The second-order valence-electron chi connectivity index (χ2n) is 2.15. The van der Waals surface area contributed by atoms with Crippen LogP contribution in [0.5, 0.6) is 0 Å². The first kappa shape index (κ1) is 8.40. The summed E-state index contributed by atoms with van der Waals surface area (Å²) in [6.07, 6.45) is 10.2. The Morgan fingerprint density at radius 1 is 1.33 bits per heavy atom. The van der Waals surface area contributed by atoms with Crippen molar-refractivity contribution in [3.8, 4) is 0 Å². The van der Waals surface area contributed by atoms with Crippen LogP contribution < -0.4 is 0 Å². The average Bonchev–Trinajstić information content (AvgIpc) is 2.15. The molecule has 0 bridgehead atoms. The second-order valence-corrected chi connectivity index (χ2v) is 2.15. The van der Waals surface area contributed by atoms with E-state index in [2.05, 4.69) is 23.1 Å². The van der Waals surface area contributed by atoms with Gasteiger partial charge in [0.1, 0.15) is 0 Å². The Morgan fingerprint density at radius 3 is 2.67 bits per heavy atom. The van der Waals surface area contributed by atoms with Crippen molar-refractivity contribution in [2.24, 2.45) is 0 Å². The molecule has 0 unspecified atom stereocenters. The van der Waals surface area contributed by atoms with Gasteiger partial charge in [0.15, 0.2) is 0 Å². The highest BCUT2D eigenvalue weighted by Gasteiger charge is 1.95. The Balaban J connectivity index is 3.03. The molecule has 0 N–H and O–H groups in total. The highest BCUT2D eigenvalue weighted by molar-refractivity contribution is 5.71. The summed E-state index contributed by atoms with van der Waals surface area (Å²) in [5, 5.41) is 0. The van der Waals surface area contributed by atoms with Gasteiger partial charge in [0.25, 0.3) is 0 Å². The SMILES string of the molecule is C=C/C=C(\C=C)c1cnccn1. The van der Waals surface area contributed by atoms with Gasteiger partial charge < -0.3 is 0 Å². The molecule has 0 saturated carbocycles. The van der Waals surface area contributed by atoms with Crippen LogP contribution in [0.25, 0.3) is 5.57 Å².